The smallest absolute Gasteiger partial charge is 0.212 e. The number of pyridine rings is 8. The predicted octanol–water partition coefficient (Wildman–Crippen LogP) is 13.9. The number of rotatable bonds is 8. The Morgan fingerprint density at radius 3 is 1.56 bits per heavy atom. The molecule has 0 bridgehead atoms. The van der Waals surface area contributed by atoms with Gasteiger partial charge in [-0.25, -0.2) is 37.5 Å². The lowest BCUT2D eigenvalue weighted by Crippen LogP contribution is -2.04. The minimum absolute atomic E-state index is 0.130. The zero-order chi connectivity index (χ0) is 50.3. The molecule has 8 aromatic heterocycles. The molecule has 0 amide bonds. The summed E-state index contributed by atoms with van der Waals surface area (Å²) >= 11 is 13.0. The lowest BCUT2D eigenvalue weighted by atomic mass is 10.0. The van der Waals surface area contributed by atoms with Gasteiger partial charge in [0, 0.05) is 99.2 Å². The number of anilines is 3. The van der Waals surface area contributed by atoms with Crippen LogP contribution >= 0.6 is 43.5 Å². The van der Waals surface area contributed by atoms with Gasteiger partial charge in [-0.05, 0) is 99.8 Å². The van der Waals surface area contributed by atoms with E-state index in [1.165, 1.54) is 6.07 Å². The number of nitrogen functional groups attached to an aromatic ring is 1. The highest BCUT2D eigenvalue weighted by Crippen LogP contribution is 2.40. The van der Waals surface area contributed by atoms with E-state index in [9.17, 15) is 13.2 Å². The zero-order valence-electron chi connectivity index (χ0n) is 37.8. The molecule has 71 heavy (non-hydrogen) atoms. The minimum atomic E-state index is -0.721. The third-order valence-corrected chi connectivity index (χ3v) is 12.0. The van der Waals surface area contributed by atoms with Crippen molar-refractivity contribution in [1.29, 1.82) is 0 Å². The summed E-state index contributed by atoms with van der Waals surface area (Å²) in [5.41, 5.74) is 14.3. The lowest BCUT2D eigenvalue weighted by molar-refractivity contribution is 0.398. The normalized spacial score (nSPS) is 10.8. The van der Waals surface area contributed by atoms with Gasteiger partial charge in [0.1, 0.15) is 23.3 Å². The maximum absolute atomic E-state index is 15.1. The second kappa shape index (κ2) is 22.0. The van der Waals surface area contributed by atoms with Crippen LogP contribution in [0, 0.1) is 37.1 Å². The Bertz CT molecular complexity index is 3550. The van der Waals surface area contributed by atoms with E-state index < -0.39 is 23.3 Å². The van der Waals surface area contributed by atoms with Crippen molar-refractivity contribution in [2.45, 2.75) is 13.8 Å². The third-order valence-electron chi connectivity index (χ3n) is 10.7. The van der Waals surface area contributed by atoms with Crippen LogP contribution in [0.3, 0.4) is 0 Å². The number of benzene rings is 2. The fourth-order valence-electron chi connectivity index (χ4n) is 7.31. The molecule has 0 fully saturated rings. The molecule has 19 heteroatoms. The molecule has 356 valence electrons. The van der Waals surface area contributed by atoms with E-state index in [0.29, 0.717) is 68.4 Å². The average Bonchev–Trinajstić information content (AvgIpc) is 3.36. The van der Waals surface area contributed by atoms with Crippen molar-refractivity contribution in [2.24, 2.45) is 0 Å². The topological polar surface area (TPSA) is 160 Å². The Morgan fingerprint density at radius 2 is 1.06 bits per heavy atom. The first-order chi connectivity index (χ1) is 34.2. The van der Waals surface area contributed by atoms with Gasteiger partial charge in [-0.3, -0.25) is 19.9 Å². The molecule has 8 heterocycles. The molecule has 0 aliphatic heterocycles. The maximum Gasteiger partial charge on any atom is 0.212 e. The van der Waals surface area contributed by atoms with E-state index in [-0.39, 0.29) is 26.8 Å². The Balaban J connectivity index is 0.000000158. The number of ether oxygens (including phenoxy) is 2. The number of methoxy groups -OCH3 is 2. The highest BCUT2D eigenvalue weighted by molar-refractivity contribution is 9.10. The number of nitrogens with zero attached hydrogens (tertiary/aromatic N) is 8. The summed E-state index contributed by atoms with van der Waals surface area (Å²) in [4.78, 5) is 34.6. The number of fused-ring (bicyclic) bond motifs is 2. The standard InChI is InChI=1S/C26H18BrF2N5O.C15H9ClF2N2.C11H10BrN3O/c1-14-24(19-5-3-4-8-30-19)33-20-11-17(28)10-18(29)23(20)25(14)34-21-9-16(27)13-32-26(21)15-6-7-22(35-2)31-12-15;1-8-14(16)13-10(18)6-9(17)7-12(13)20-15(8)11-4-2-3-5-19-11;1-16-10-3-2-7(5-14-10)11-9(13)4-8(12)6-15-11/h3-13H,1-2H3,(H,33,34);2-7H,1H3;2-6H,13H2,1H3. The number of halogens is 7. The van der Waals surface area contributed by atoms with Crippen LogP contribution in [0.25, 0.3) is 67.1 Å². The minimum Gasteiger partial charge on any atom is -0.481 e. The van der Waals surface area contributed by atoms with E-state index in [0.717, 1.165) is 44.0 Å². The second-order valence-electron chi connectivity index (χ2n) is 15.3. The molecule has 0 atom stereocenters. The molecule has 0 aliphatic carbocycles. The average molecular weight is 1110 g/mol. The Morgan fingerprint density at radius 1 is 0.549 bits per heavy atom. The number of nitrogens with two attached hydrogens (primary N) is 1. The van der Waals surface area contributed by atoms with E-state index in [4.69, 9.17) is 26.8 Å². The maximum atomic E-state index is 15.1. The molecular weight excluding hydrogens is 1070 g/mol. The fourth-order valence-corrected chi connectivity index (χ4v) is 8.26. The number of aromatic nitrogens is 8. The summed E-state index contributed by atoms with van der Waals surface area (Å²) in [5, 5.41) is 3.87. The zero-order valence-corrected chi connectivity index (χ0v) is 41.7. The SMILES string of the molecule is COc1ccc(-c2ncc(Br)cc2N)cn1.COc1ccc(-c2ncc(Br)cc2Nc2c(C)c(-c3ccccn3)nc3cc(F)cc(F)c23)cn1.Cc1c(-c2ccccn2)nc2cc(F)cc(F)c2c1Cl. The molecule has 12 nitrogen and oxygen atoms in total. The van der Waals surface area contributed by atoms with Gasteiger partial charge in [-0.1, -0.05) is 23.7 Å². The first kappa shape index (κ1) is 49.7. The van der Waals surface area contributed by atoms with Gasteiger partial charge in [-0.2, -0.15) is 0 Å². The molecule has 0 spiro atoms. The van der Waals surface area contributed by atoms with Crippen LogP contribution in [-0.2, 0) is 0 Å². The summed E-state index contributed by atoms with van der Waals surface area (Å²) in [6.07, 6.45) is 9.97. The van der Waals surface area contributed by atoms with Gasteiger partial charge >= 0.3 is 0 Å². The van der Waals surface area contributed by atoms with Crippen molar-refractivity contribution < 1.29 is 27.0 Å². The molecule has 0 aliphatic rings. The van der Waals surface area contributed by atoms with E-state index in [1.807, 2.05) is 43.3 Å². The number of nitrogens with one attached hydrogen (secondary N) is 1. The summed E-state index contributed by atoms with van der Waals surface area (Å²) in [6.45, 7) is 3.56. The van der Waals surface area contributed by atoms with Crippen molar-refractivity contribution in [1.82, 2.24) is 39.9 Å². The Kier molecular flexibility index (Phi) is 15.4. The van der Waals surface area contributed by atoms with Crippen LogP contribution in [0.4, 0.5) is 34.6 Å². The van der Waals surface area contributed by atoms with Crippen molar-refractivity contribution in [3.63, 3.8) is 0 Å². The van der Waals surface area contributed by atoms with Gasteiger partial charge < -0.3 is 20.5 Å². The first-order valence-electron chi connectivity index (χ1n) is 21.1. The largest absolute Gasteiger partial charge is 0.481 e. The molecule has 10 aromatic rings. The van der Waals surface area contributed by atoms with Gasteiger partial charge in [0.05, 0.1) is 92.3 Å². The van der Waals surface area contributed by atoms with E-state index >= 15 is 4.39 Å². The highest BCUT2D eigenvalue weighted by atomic mass is 79.9. The Hall–Kier alpha value is -7.67. The van der Waals surface area contributed by atoms with Gasteiger partial charge in [-0.15, -0.1) is 0 Å². The first-order valence-corrected chi connectivity index (χ1v) is 23.1. The predicted molar refractivity (Wildman–Crippen MR) is 275 cm³/mol. The van der Waals surface area contributed by atoms with Gasteiger partial charge in [0.2, 0.25) is 11.8 Å². The van der Waals surface area contributed by atoms with Crippen LogP contribution in [0.5, 0.6) is 11.8 Å². The fraction of sp³-hybridized carbons (Fsp3) is 0.0769. The molecule has 0 unspecified atom stereocenters. The second-order valence-corrected chi connectivity index (χ2v) is 17.5. The summed E-state index contributed by atoms with van der Waals surface area (Å²) in [6, 6.07) is 25.7. The van der Waals surface area contributed by atoms with Crippen LogP contribution < -0.4 is 20.5 Å². The summed E-state index contributed by atoms with van der Waals surface area (Å²) < 4.78 is 68.1. The van der Waals surface area contributed by atoms with Crippen LogP contribution in [-0.4, -0.2) is 54.1 Å². The van der Waals surface area contributed by atoms with Crippen LogP contribution in [0.15, 0.2) is 143 Å². The molecule has 0 radical (unpaired) electrons. The van der Waals surface area contributed by atoms with E-state index in [1.54, 1.807) is 94.7 Å². The van der Waals surface area contributed by atoms with Gasteiger partial charge in [0.15, 0.2) is 0 Å². The summed E-state index contributed by atoms with van der Waals surface area (Å²) in [5.74, 6) is -1.79. The van der Waals surface area contributed by atoms with Crippen LogP contribution in [0.1, 0.15) is 11.1 Å². The van der Waals surface area contributed by atoms with Crippen molar-refractivity contribution in [3.05, 3.63) is 183 Å². The van der Waals surface area contributed by atoms with Gasteiger partial charge in [0.25, 0.3) is 0 Å². The molecule has 10 rings (SSSR count). The monoisotopic (exact) mass is 1100 g/mol. The van der Waals surface area contributed by atoms with Crippen molar-refractivity contribution in [3.8, 4) is 57.1 Å². The quantitative estimate of drug-likeness (QED) is 0.139. The summed E-state index contributed by atoms with van der Waals surface area (Å²) in [7, 11) is 3.12. The molecule has 0 saturated carbocycles. The number of hydrogen-bond acceptors (Lipinski definition) is 12. The van der Waals surface area contributed by atoms with Crippen LogP contribution in [0.2, 0.25) is 5.02 Å². The van der Waals surface area contributed by atoms with Crippen molar-refractivity contribution >= 4 is 82.3 Å². The van der Waals surface area contributed by atoms with E-state index in [2.05, 4.69) is 77.0 Å². The van der Waals surface area contributed by atoms with Crippen molar-refractivity contribution in [2.75, 3.05) is 25.3 Å². The molecular formula is C52H37Br2ClF4N10O2. The lowest BCUT2D eigenvalue weighted by Gasteiger charge is -2.18. The Labute approximate surface area is 425 Å². The number of hydrogen-bond donors (Lipinski definition) is 2. The third kappa shape index (κ3) is 11.2. The highest BCUT2D eigenvalue weighted by Gasteiger charge is 2.21. The molecule has 3 N–H and O–H groups in total. The molecule has 2 aromatic carbocycles. The molecule has 0 saturated heterocycles.